The van der Waals surface area contributed by atoms with Crippen molar-refractivity contribution in [1.29, 1.82) is 0 Å². The SMILES string of the molecule is O=C(O)[C@@H](c1c[nH]c2ccc(Br)cc12)N1CCN(c2ccccc2)CC1. The minimum absolute atomic E-state index is 0.643. The molecular formula is C20H20BrN3O2. The molecule has 1 aromatic heterocycles. The van der Waals surface area contributed by atoms with E-state index in [0.717, 1.165) is 34.0 Å². The quantitative estimate of drug-likeness (QED) is 0.681. The van der Waals surface area contributed by atoms with Gasteiger partial charge in [-0.1, -0.05) is 34.1 Å². The lowest BCUT2D eigenvalue weighted by Gasteiger charge is -2.38. The van der Waals surface area contributed by atoms with Gasteiger partial charge in [-0.2, -0.15) is 0 Å². The van der Waals surface area contributed by atoms with Crippen LogP contribution in [0, 0.1) is 0 Å². The number of piperazine rings is 1. The number of hydrogen-bond donors (Lipinski definition) is 2. The number of nitrogens with one attached hydrogen (secondary N) is 1. The van der Waals surface area contributed by atoms with Crippen molar-refractivity contribution in [1.82, 2.24) is 9.88 Å². The molecule has 0 amide bonds. The van der Waals surface area contributed by atoms with E-state index in [1.54, 1.807) is 0 Å². The molecular weight excluding hydrogens is 394 g/mol. The van der Waals surface area contributed by atoms with Gasteiger partial charge in [-0.05, 0) is 30.3 Å². The Kier molecular flexibility index (Phi) is 4.70. The van der Waals surface area contributed by atoms with Crippen LogP contribution in [-0.2, 0) is 4.79 Å². The topological polar surface area (TPSA) is 59.6 Å². The first-order valence-electron chi connectivity index (χ1n) is 8.67. The van der Waals surface area contributed by atoms with E-state index in [1.807, 2.05) is 42.6 Å². The number of halogens is 1. The molecule has 0 saturated carbocycles. The zero-order valence-electron chi connectivity index (χ0n) is 14.2. The highest BCUT2D eigenvalue weighted by Gasteiger charge is 2.32. The molecule has 1 fully saturated rings. The minimum Gasteiger partial charge on any atom is -0.480 e. The number of para-hydroxylation sites is 1. The largest absolute Gasteiger partial charge is 0.480 e. The average molecular weight is 414 g/mol. The summed E-state index contributed by atoms with van der Waals surface area (Å²) in [5.74, 6) is -0.806. The van der Waals surface area contributed by atoms with Crippen LogP contribution < -0.4 is 4.90 Å². The van der Waals surface area contributed by atoms with E-state index in [0.29, 0.717) is 13.1 Å². The molecule has 0 spiro atoms. The third-order valence-corrected chi connectivity index (χ3v) is 5.50. The second-order valence-electron chi connectivity index (χ2n) is 6.53. The van der Waals surface area contributed by atoms with Gasteiger partial charge in [0.15, 0.2) is 0 Å². The summed E-state index contributed by atoms with van der Waals surface area (Å²) in [5.41, 5.74) is 2.97. The van der Waals surface area contributed by atoms with Gasteiger partial charge in [0, 0.05) is 59.0 Å². The highest BCUT2D eigenvalue weighted by atomic mass is 79.9. The number of aromatic amines is 1. The van der Waals surface area contributed by atoms with Crippen LogP contribution in [0.5, 0.6) is 0 Å². The van der Waals surface area contributed by atoms with Crippen LogP contribution in [0.4, 0.5) is 5.69 Å². The predicted molar refractivity (Wildman–Crippen MR) is 107 cm³/mol. The van der Waals surface area contributed by atoms with E-state index in [1.165, 1.54) is 5.69 Å². The number of hydrogen-bond acceptors (Lipinski definition) is 3. The number of nitrogens with zero attached hydrogens (tertiary/aromatic N) is 2. The molecule has 2 aromatic carbocycles. The lowest BCUT2D eigenvalue weighted by atomic mass is 10.0. The molecule has 26 heavy (non-hydrogen) atoms. The Morgan fingerprint density at radius 2 is 1.81 bits per heavy atom. The second kappa shape index (κ2) is 7.13. The third kappa shape index (κ3) is 3.22. The van der Waals surface area contributed by atoms with Crippen LogP contribution in [0.25, 0.3) is 10.9 Å². The van der Waals surface area contributed by atoms with Crippen molar-refractivity contribution in [3.63, 3.8) is 0 Å². The Hall–Kier alpha value is -2.31. The van der Waals surface area contributed by atoms with E-state index in [4.69, 9.17) is 0 Å². The van der Waals surface area contributed by atoms with Crippen molar-refractivity contribution >= 4 is 38.5 Å². The maximum Gasteiger partial charge on any atom is 0.325 e. The van der Waals surface area contributed by atoms with E-state index in [-0.39, 0.29) is 0 Å². The van der Waals surface area contributed by atoms with Crippen LogP contribution in [0.1, 0.15) is 11.6 Å². The highest BCUT2D eigenvalue weighted by Crippen LogP contribution is 2.31. The van der Waals surface area contributed by atoms with Gasteiger partial charge in [0.05, 0.1) is 0 Å². The molecule has 134 valence electrons. The normalized spacial score (nSPS) is 16.7. The molecule has 2 N–H and O–H groups in total. The summed E-state index contributed by atoms with van der Waals surface area (Å²) in [4.78, 5) is 19.7. The van der Waals surface area contributed by atoms with Gasteiger partial charge in [0.1, 0.15) is 6.04 Å². The van der Waals surface area contributed by atoms with Crippen LogP contribution in [0.3, 0.4) is 0 Å². The summed E-state index contributed by atoms with van der Waals surface area (Å²) in [6, 6.07) is 15.5. The predicted octanol–water partition coefficient (Wildman–Crippen LogP) is 3.88. The Labute approximate surface area is 160 Å². The van der Waals surface area contributed by atoms with Gasteiger partial charge < -0.3 is 15.0 Å². The first kappa shape index (κ1) is 17.1. The van der Waals surface area contributed by atoms with E-state index in [2.05, 4.69) is 42.8 Å². The molecule has 1 saturated heterocycles. The number of aliphatic carboxylic acids is 1. The molecule has 1 atom stereocenters. The fourth-order valence-corrected chi connectivity index (χ4v) is 4.06. The molecule has 1 aliphatic rings. The molecule has 4 rings (SSSR count). The molecule has 2 heterocycles. The number of carboxylic acid groups (broad SMARTS) is 1. The Morgan fingerprint density at radius 1 is 1.08 bits per heavy atom. The summed E-state index contributed by atoms with van der Waals surface area (Å²) in [7, 11) is 0. The molecule has 0 aliphatic carbocycles. The smallest absolute Gasteiger partial charge is 0.325 e. The maximum atomic E-state index is 12.1. The van der Waals surface area contributed by atoms with Crippen molar-refractivity contribution in [2.75, 3.05) is 31.1 Å². The molecule has 0 bridgehead atoms. The number of fused-ring (bicyclic) bond motifs is 1. The van der Waals surface area contributed by atoms with Gasteiger partial charge in [0.2, 0.25) is 0 Å². The number of anilines is 1. The summed E-state index contributed by atoms with van der Waals surface area (Å²) < 4.78 is 0.948. The Bertz CT molecular complexity index is 917. The fourth-order valence-electron chi connectivity index (χ4n) is 3.70. The monoisotopic (exact) mass is 413 g/mol. The van der Waals surface area contributed by atoms with Crippen molar-refractivity contribution in [2.45, 2.75) is 6.04 Å². The van der Waals surface area contributed by atoms with Gasteiger partial charge in [-0.3, -0.25) is 9.69 Å². The summed E-state index contributed by atoms with van der Waals surface area (Å²) in [6.07, 6.45) is 1.83. The molecule has 1 aliphatic heterocycles. The fraction of sp³-hybridized carbons (Fsp3) is 0.250. The summed E-state index contributed by atoms with van der Waals surface area (Å²) in [6.45, 7) is 3.07. The number of rotatable bonds is 4. The van der Waals surface area contributed by atoms with Gasteiger partial charge in [-0.15, -0.1) is 0 Å². The van der Waals surface area contributed by atoms with Gasteiger partial charge in [-0.25, -0.2) is 0 Å². The maximum absolute atomic E-state index is 12.1. The zero-order chi connectivity index (χ0) is 18.1. The van der Waals surface area contributed by atoms with Crippen LogP contribution in [-0.4, -0.2) is 47.1 Å². The standard InChI is InChI=1S/C20H20BrN3O2/c21-14-6-7-18-16(12-14)17(13-22-18)19(20(25)26)24-10-8-23(9-11-24)15-4-2-1-3-5-15/h1-7,12-13,19,22H,8-11H2,(H,25,26)/t19-/m1/s1. The number of benzene rings is 2. The van der Waals surface area contributed by atoms with E-state index in [9.17, 15) is 9.90 Å². The number of H-pyrrole nitrogens is 1. The number of carboxylic acids is 1. The number of carbonyl (C=O) groups is 1. The van der Waals surface area contributed by atoms with Crippen molar-refractivity contribution in [3.05, 3.63) is 64.8 Å². The second-order valence-corrected chi connectivity index (χ2v) is 7.45. The van der Waals surface area contributed by atoms with Crippen LogP contribution >= 0.6 is 15.9 Å². The first-order chi connectivity index (χ1) is 12.6. The zero-order valence-corrected chi connectivity index (χ0v) is 15.8. The molecule has 3 aromatic rings. The van der Waals surface area contributed by atoms with Crippen LogP contribution in [0.15, 0.2) is 59.2 Å². The van der Waals surface area contributed by atoms with E-state index >= 15 is 0 Å². The van der Waals surface area contributed by atoms with E-state index < -0.39 is 12.0 Å². The lowest BCUT2D eigenvalue weighted by Crippen LogP contribution is -2.49. The molecule has 5 nitrogen and oxygen atoms in total. The molecule has 6 heteroatoms. The average Bonchev–Trinajstić information content (AvgIpc) is 3.06. The van der Waals surface area contributed by atoms with Gasteiger partial charge in [0.25, 0.3) is 0 Å². The van der Waals surface area contributed by atoms with Crippen molar-refractivity contribution in [2.24, 2.45) is 0 Å². The van der Waals surface area contributed by atoms with Crippen LogP contribution in [0.2, 0.25) is 0 Å². The Morgan fingerprint density at radius 3 is 2.50 bits per heavy atom. The molecule has 0 radical (unpaired) electrons. The first-order valence-corrected chi connectivity index (χ1v) is 9.46. The van der Waals surface area contributed by atoms with Crippen molar-refractivity contribution < 1.29 is 9.90 Å². The Balaban J connectivity index is 1.58. The summed E-state index contributed by atoms with van der Waals surface area (Å²) >= 11 is 3.49. The van der Waals surface area contributed by atoms with Gasteiger partial charge >= 0.3 is 5.97 Å². The van der Waals surface area contributed by atoms with Crippen molar-refractivity contribution in [3.8, 4) is 0 Å². The lowest BCUT2D eigenvalue weighted by molar-refractivity contribution is -0.143. The third-order valence-electron chi connectivity index (χ3n) is 5.01. The minimum atomic E-state index is -0.806. The number of aromatic nitrogens is 1. The highest BCUT2D eigenvalue weighted by molar-refractivity contribution is 9.10. The summed E-state index contributed by atoms with van der Waals surface area (Å²) in [5, 5.41) is 10.9. The molecule has 0 unspecified atom stereocenters.